The van der Waals surface area contributed by atoms with Crippen LogP contribution in [0.15, 0.2) is 24.3 Å². The number of hydrogen-bond donors (Lipinski definition) is 3. The highest BCUT2D eigenvalue weighted by atomic mass is 16.4. The van der Waals surface area contributed by atoms with Gasteiger partial charge >= 0.3 is 5.97 Å². The van der Waals surface area contributed by atoms with Crippen molar-refractivity contribution >= 4 is 23.3 Å². The third-order valence-corrected chi connectivity index (χ3v) is 3.31. The molecule has 1 rings (SSSR count). The topological polar surface area (TPSA) is 95.7 Å². The summed E-state index contributed by atoms with van der Waals surface area (Å²) >= 11 is 0. The number of carbonyl (C=O) groups is 2. The van der Waals surface area contributed by atoms with Crippen molar-refractivity contribution < 1.29 is 14.7 Å². The van der Waals surface area contributed by atoms with E-state index in [1.165, 1.54) is 0 Å². The number of primary amides is 1. The molecule has 0 heterocycles. The normalized spacial score (nSPS) is 11.7. The number of aliphatic carboxylic acids is 1. The van der Waals surface area contributed by atoms with Gasteiger partial charge in [0.1, 0.15) is 6.04 Å². The molecule has 0 saturated carbocycles. The van der Waals surface area contributed by atoms with E-state index >= 15 is 0 Å². The molecule has 0 aliphatic heterocycles. The van der Waals surface area contributed by atoms with Crippen LogP contribution in [0.25, 0.3) is 0 Å². The Bertz CT molecular complexity index is 470. The maximum atomic E-state index is 11.2. The molecule has 0 bridgehead atoms. The predicted molar refractivity (Wildman–Crippen MR) is 83.5 cm³/mol. The Morgan fingerprint density at radius 1 is 1.24 bits per heavy atom. The zero-order chi connectivity index (χ0) is 15.8. The van der Waals surface area contributed by atoms with Crippen molar-refractivity contribution in [2.75, 3.05) is 23.3 Å². The van der Waals surface area contributed by atoms with Gasteiger partial charge in [-0.2, -0.15) is 0 Å². The summed E-state index contributed by atoms with van der Waals surface area (Å²) in [7, 11) is 0. The summed E-state index contributed by atoms with van der Waals surface area (Å²) in [6.07, 6.45) is 0.212. The fraction of sp³-hybridized carbons (Fsp3) is 0.467. The fourth-order valence-corrected chi connectivity index (χ4v) is 2.10. The number of nitrogens with one attached hydrogen (secondary N) is 1. The highest BCUT2D eigenvalue weighted by Gasteiger charge is 2.17. The highest BCUT2D eigenvalue weighted by Crippen LogP contribution is 2.19. The van der Waals surface area contributed by atoms with Crippen LogP contribution in [0.3, 0.4) is 0 Å². The molecule has 1 aromatic carbocycles. The quantitative estimate of drug-likeness (QED) is 0.643. The molecule has 0 aromatic heterocycles. The largest absolute Gasteiger partial charge is 0.480 e. The summed E-state index contributed by atoms with van der Waals surface area (Å²) in [5.41, 5.74) is 6.86. The van der Waals surface area contributed by atoms with E-state index in [1.54, 1.807) is 0 Å². The van der Waals surface area contributed by atoms with E-state index in [-0.39, 0.29) is 12.8 Å². The Balaban J connectivity index is 2.71. The van der Waals surface area contributed by atoms with E-state index in [0.717, 1.165) is 18.8 Å². The molecule has 1 amide bonds. The lowest BCUT2D eigenvalue weighted by atomic mass is 10.1. The monoisotopic (exact) mass is 293 g/mol. The first kappa shape index (κ1) is 16.8. The molecule has 116 valence electrons. The van der Waals surface area contributed by atoms with Gasteiger partial charge in [-0.15, -0.1) is 0 Å². The first-order valence-electron chi connectivity index (χ1n) is 7.10. The van der Waals surface area contributed by atoms with E-state index in [4.69, 9.17) is 10.8 Å². The molecule has 1 atom stereocenters. The van der Waals surface area contributed by atoms with Crippen molar-refractivity contribution in [1.82, 2.24) is 0 Å². The lowest BCUT2D eigenvalue weighted by Crippen LogP contribution is -2.30. The number of anilines is 2. The van der Waals surface area contributed by atoms with Gasteiger partial charge in [0.25, 0.3) is 0 Å². The van der Waals surface area contributed by atoms with E-state index in [2.05, 4.69) is 24.1 Å². The van der Waals surface area contributed by atoms with Crippen LogP contribution in [0.2, 0.25) is 0 Å². The number of carbonyl (C=O) groups excluding carboxylic acids is 1. The van der Waals surface area contributed by atoms with E-state index in [1.807, 2.05) is 24.3 Å². The third-order valence-electron chi connectivity index (χ3n) is 3.31. The predicted octanol–water partition coefficient (Wildman–Crippen LogP) is 1.66. The smallest absolute Gasteiger partial charge is 0.326 e. The Morgan fingerprint density at radius 3 is 2.24 bits per heavy atom. The second kappa shape index (κ2) is 8.14. The summed E-state index contributed by atoms with van der Waals surface area (Å²) in [5.74, 6) is -1.50. The van der Waals surface area contributed by atoms with Crippen molar-refractivity contribution in [3.05, 3.63) is 24.3 Å². The van der Waals surface area contributed by atoms with Gasteiger partial charge in [0.15, 0.2) is 0 Å². The lowest BCUT2D eigenvalue weighted by Gasteiger charge is -2.22. The van der Waals surface area contributed by atoms with Gasteiger partial charge in [0.2, 0.25) is 5.91 Å². The van der Waals surface area contributed by atoms with Gasteiger partial charge in [0, 0.05) is 30.9 Å². The molecule has 0 fully saturated rings. The Labute approximate surface area is 124 Å². The standard InChI is InChI=1S/C15H23N3O3/c1-3-18(4-2)12-7-5-11(6-8-12)17-13(15(20)21)9-10-14(16)19/h5-8,13,17H,3-4,9-10H2,1-2H3,(H2,16,19)(H,20,21)/t13-/m0/s1. The summed E-state index contributed by atoms with van der Waals surface area (Å²) in [6, 6.07) is 6.75. The maximum Gasteiger partial charge on any atom is 0.326 e. The van der Waals surface area contributed by atoms with Crippen LogP contribution in [0, 0.1) is 0 Å². The molecular formula is C15H23N3O3. The number of hydrogen-bond acceptors (Lipinski definition) is 4. The van der Waals surface area contributed by atoms with Crippen molar-refractivity contribution in [1.29, 1.82) is 0 Å². The van der Waals surface area contributed by atoms with Crippen molar-refractivity contribution in [3.8, 4) is 0 Å². The Kier molecular flexibility index (Phi) is 6.52. The molecule has 0 radical (unpaired) electrons. The van der Waals surface area contributed by atoms with Crippen LogP contribution in [0.1, 0.15) is 26.7 Å². The van der Waals surface area contributed by atoms with Gasteiger partial charge in [-0.05, 0) is 44.5 Å². The van der Waals surface area contributed by atoms with Gasteiger partial charge in [0.05, 0.1) is 0 Å². The number of rotatable bonds is 9. The summed E-state index contributed by atoms with van der Waals surface area (Å²) in [5, 5.41) is 12.1. The number of carboxylic acid groups (broad SMARTS) is 1. The summed E-state index contributed by atoms with van der Waals surface area (Å²) in [4.78, 5) is 24.1. The number of nitrogens with two attached hydrogens (primary N) is 1. The van der Waals surface area contributed by atoms with E-state index in [0.29, 0.717) is 5.69 Å². The number of carboxylic acids is 1. The highest BCUT2D eigenvalue weighted by molar-refractivity contribution is 5.79. The fourth-order valence-electron chi connectivity index (χ4n) is 2.10. The molecule has 0 spiro atoms. The van der Waals surface area contributed by atoms with Gasteiger partial charge in [-0.3, -0.25) is 4.79 Å². The molecule has 0 unspecified atom stereocenters. The molecule has 0 aliphatic rings. The van der Waals surface area contributed by atoms with E-state index < -0.39 is 17.9 Å². The minimum absolute atomic E-state index is 0.0432. The molecule has 4 N–H and O–H groups in total. The van der Waals surface area contributed by atoms with Gasteiger partial charge in [-0.1, -0.05) is 0 Å². The summed E-state index contributed by atoms with van der Waals surface area (Å²) < 4.78 is 0. The van der Waals surface area contributed by atoms with Crippen LogP contribution in [0.4, 0.5) is 11.4 Å². The SMILES string of the molecule is CCN(CC)c1ccc(N[C@@H](CCC(N)=O)C(=O)O)cc1. The maximum absolute atomic E-state index is 11.2. The summed E-state index contributed by atoms with van der Waals surface area (Å²) in [6.45, 7) is 6.00. The Hall–Kier alpha value is -2.24. The average molecular weight is 293 g/mol. The minimum Gasteiger partial charge on any atom is -0.480 e. The second-order valence-corrected chi connectivity index (χ2v) is 4.76. The average Bonchev–Trinajstić information content (AvgIpc) is 2.45. The molecule has 0 saturated heterocycles. The number of benzene rings is 1. The lowest BCUT2D eigenvalue weighted by molar-refractivity contribution is -0.138. The first-order chi connectivity index (χ1) is 9.97. The van der Waals surface area contributed by atoms with Crippen LogP contribution >= 0.6 is 0 Å². The van der Waals surface area contributed by atoms with Crippen LogP contribution in [-0.2, 0) is 9.59 Å². The number of amides is 1. The van der Waals surface area contributed by atoms with Gasteiger partial charge in [-0.25, -0.2) is 4.79 Å². The molecule has 21 heavy (non-hydrogen) atoms. The van der Waals surface area contributed by atoms with E-state index in [9.17, 15) is 9.59 Å². The molecule has 6 nitrogen and oxygen atoms in total. The van der Waals surface area contributed by atoms with Crippen LogP contribution in [0.5, 0.6) is 0 Å². The first-order valence-corrected chi connectivity index (χ1v) is 7.10. The van der Waals surface area contributed by atoms with Crippen molar-refractivity contribution in [2.45, 2.75) is 32.7 Å². The molecule has 1 aromatic rings. The van der Waals surface area contributed by atoms with Crippen molar-refractivity contribution in [3.63, 3.8) is 0 Å². The van der Waals surface area contributed by atoms with Gasteiger partial charge < -0.3 is 21.1 Å². The molecular weight excluding hydrogens is 270 g/mol. The zero-order valence-electron chi connectivity index (χ0n) is 12.5. The van der Waals surface area contributed by atoms with Crippen LogP contribution in [-0.4, -0.2) is 36.1 Å². The molecule has 6 heteroatoms. The zero-order valence-corrected chi connectivity index (χ0v) is 12.5. The number of nitrogens with zero attached hydrogens (tertiary/aromatic N) is 1. The Morgan fingerprint density at radius 2 is 1.81 bits per heavy atom. The molecule has 0 aliphatic carbocycles. The second-order valence-electron chi connectivity index (χ2n) is 4.76. The third kappa shape index (κ3) is 5.33. The minimum atomic E-state index is -0.996. The van der Waals surface area contributed by atoms with Crippen LogP contribution < -0.4 is 16.0 Å². The van der Waals surface area contributed by atoms with Crippen molar-refractivity contribution in [2.24, 2.45) is 5.73 Å².